The minimum Gasteiger partial charge on any atom is -0.0614 e. The van der Waals surface area contributed by atoms with Crippen LogP contribution < -0.4 is 0 Å². The molecule has 0 aromatic heterocycles. The minimum absolute atomic E-state index is 0.958. The van der Waals surface area contributed by atoms with Gasteiger partial charge in [0, 0.05) is 3.57 Å². The van der Waals surface area contributed by atoms with E-state index in [2.05, 4.69) is 127 Å². The van der Waals surface area contributed by atoms with Crippen LogP contribution in [0, 0.1) is 17.4 Å². The first-order valence-corrected chi connectivity index (χ1v) is 10.7. The van der Waals surface area contributed by atoms with Crippen LogP contribution in [0.25, 0.3) is 22.3 Å². The Kier molecular flexibility index (Phi) is 5.63. The summed E-state index contributed by atoms with van der Waals surface area (Å²) in [4.78, 5) is 0. The van der Waals surface area contributed by atoms with Gasteiger partial charge in [0.05, 0.1) is 0 Å². The number of aryl methyl sites for hydroxylation is 2. The van der Waals surface area contributed by atoms with Gasteiger partial charge in [-0.3, -0.25) is 0 Å². The van der Waals surface area contributed by atoms with Crippen LogP contribution in [-0.2, 0) is 6.42 Å². The lowest BCUT2D eigenvalue weighted by molar-refractivity contribution is 1.19. The van der Waals surface area contributed by atoms with Crippen LogP contribution in [0.4, 0.5) is 0 Å². The fourth-order valence-corrected chi connectivity index (χ4v) is 3.98. The van der Waals surface area contributed by atoms with E-state index >= 15 is 0 Å². The Hall–Kier alpha value is -2.39. The zero-order chi connectivity index (χ0) is 19.5. The Balaban J connectivity index is 1.49. The van der Waals surface area contributed by atoms with Crippen LogP contribution in [-0.4, -0.2) is 0 Å². The topological polar surface area (TPSA) is 0 Å². The Labute approximate surface area is 181 Å². The molecule has 0 atom stereocenters. The molecule has 4 aromatic rings. The van der Waals surface area contributed by atoms with Crippen LogP contribution >= 0.6 is 22.6 Å². The summed E-state index contributed by atoms with van der Waals surface area (Å²) in [6, 6.07) is 33.2. The van der Waals surface area contributed by atoms with Gasteiger partial charge in [0.1, 0.15) is 0 Å². The van der Waals surface area contributed by atoms with Crippen LogP contribution in [0.1, 0.15) is 22.3 Å². The molecule has 1 heteroatoms. The molecule has 0 spiro atoms. The van der Waals surface area contributed by atoms with Crippen molar-refractivity contribution in [2.75, 3.05) is 0 Å². The average molecular weight is 474 g/mol. The van der Waals surface area contributed by atoms with Crippen molar-refractivity contribution < 1.29 is 0 Å². The first-order valence-electron chi connectivity index (χ1n) is 9.60. The van der Waals surface area contributed by atoms with Gasteiger partial charge in [0.25, 0.3) is 0 Å². The largest absolute Gasteiger partial charge is 0.0614 e. The standard InChI is InChI=1S/C27H23I/c1-19-4-3-5-25(16-19)23-12-7-21(8-13-23)17-22-9-14-24(15-10-22)26-11-6-20(2)27(28)18-26/h3-16,18H,17H2,1-2H3. The minimum atomic E-state index is 0.958. The van der Waals surface area contributed by atoms with E-state index in [0.29, 0.717) is 0 Å². The molecule has 0 fully saturated rings. The number of benzene rings is 4. The first kappa shape index (κ1) is 18.9. The van der Waals surface area contributed by atoms with E-state index in [1.54, 1.807) is 0 Å². The van der Waals surface area contributed by atoms with Crippen molar-refractivity contribution in [3.63, 3.8) is 0 Å². The summed E-state index contributed by atoms with van der Waals surface area (Å²) in [6.45, 7) is 4.29. The predicted molar refractivity (Wildman–Crippen MR) is 129 cm³/mol. The molecule has 0 bridgehead atoms. The second-order valence-corrected chi connectivity index (χ2v) is 8.57. The van der Waals surface area contributed by atoms with Crippen molar-refractivity contribution in [3.05, 3.63) is 117 Å². The fraction of sp³-hybridized carbons (Fsp3) is 0.111. The van der Waals surface area contributed by atoms with Crippen molar-refractivity contribution in [2.24, 2.45) is 0 Å². The molecular weight excluding hydrogens is 451 g/mol. The molecule has 0 nitrogen and oxygen atoms in total. The molecule has 0 heterocycles. The van der Waals surface area contributed by atoms with E-state index in [1.807, 2.05) is 0 Å². The highest BCUT2D eigenvalue weighted by Gasteiger charge is 2.03. The van der Waals surface area contributed by atoms with Gasteiger partial charge < -0.3 is 0 Å². The molecule has 0 N–H and O–H groups in total. The molecule has 0 aliphatic rings. The van der Waals surface area contributed by atoms with Crippen molar-refractivity contribution >= 4 is 22.6 Å². The fourth-order valence-electron chi connectivity index (χ4n) is 3.46. The number of halogens is 1. The third-order valence-corrected chi connectivity index (χ3v) is 6.33. The monoisotopic (exact) mass is 474 g/mol. The molecule has 0 aliphatic carbocycles. The smallest absolute Gasteiger partial charge is 0.0165 e. The number of hydrogen-bond acceptors (Lipinski definition) is 0. The molecular formula is C27H23I. The highest BCUT2D eigenvalue weighted by Crippen LogP contribution is 2.25. The summed E-state index contributed by atoms with van der Waals surface area (Å²) in [5, 5.41) is 0. The van der Waals surface area contributed by atoms with Gasteiger partial charge in [-0.05, 0) is 87.9 Å². The van der Waals surface area contributed by atoms with Gasteiger partial charge in [-0.15, -0.1) is 0 Å². The number of rotatable bonds is 4. The number of hydrogen-bond donors (Lipinski definition) is 0. The highest BCUT2D eigenvalue weighted by molar-refractivity contribution is 14.1. The SMILES string of the molecule is Cc1cccc(-c2ccc(Cc3ccc(-c4ccc(C)c(I)c4)cc3)cc2)c1. The van der Waals surface area contributed by atoms with Gasteiger partial charge in [-0.2, -0.15) is 0 Å². The summed E-state index contributed by atoms with van der Waals surface area (Å²) < 4.78 is 1.31. The maximum Gasteiger partial charge on any atom is 0.0165 e. The zero-order valence-corrected chi connectivity index (χ0v) is 18.4. The van der Waals surface area contributed by atoms with E-state index in [4.69, 9.17) is 0 Å². The average Bonchev–Trinajstić information content (AvgIpc) is 2.71. The van der Waals surface area contributed by atoms with Gasteiger partial charge in [0.15, 0.2) is 0 Å². The summed E-state index contributed by atoms with van der Waals surface area (Å²) in [5.41, 5.74) is 10.4. The first-order chi connectivity index (χ1) is 13.6. The summed E-state index contributed by atoms with van der Waals surface area (Å²) in [6.07, 6.45) is 0.958. The summed E-state index contributed by atoms with van der Waals surface area (Å²) in [7, 11) is 0. The molecule has 0 aliphatic heterocycles. The molecule has 138 valence electrons. The Bertz CT molecular complexity index is 1090. The third kappa shape index (κ3) is 4.36. The lowest BCUT2D eigenvalue weighted by Crippen LogP contribution is -1.89. The summed E-state index contributed by atoms with van der Waals surface area (Å²) >= 11 is 2.41. The van der Waals surface area contributed by atoms with E-state index in [0.717, 1.165) is 6.42 Å². The third-order valence-electron chi connectivity index (χ3n) is 5.17. The molecule has 0 radical (unpaired) electrons. The second kappa shape index (κ2) is 8.32. The van der Waals surface area contributed by atoms with Gasteiger partial charge >= 0.3 is 0 Å². The Morgan fingerprint density at radius 1 is 0.571 bits per heavy atom. The second-order valence-electron chi connectivity index (χ2n) is 7.40. The van der Waals surface area contributed by atoms with Crippen LogP contribution in [0.5, 0.6) is 0 Å². The molecule has 0 amide bonds. The van der Waals surface area contributed by atoms with Crippen molar-refractivity contribution in [2.45, 2.75) is 20.3 Å². The molecule has 4 aromatic carbocycles. The van der Waals surface area contributed by atoms with E-state index in [-0.39, 0.29) is 0 Å². The zero-order valence-electron chi connectivity index (χ0n) is 16.2. The molecule has 28 heavy (non-hydrogen) atoms. The highest BCUT2D eigenvalue weighted by atomic mass is 127. The lowest BCUT2D eigenvalue weighted by Gasteiger charge is -2.08. The van der Waals surface area contributed by atoms with Crippen LogP contribution in [0.2, 0.25) is 0 Å². The van der Waals surface area contributed by atoms with Crippen LogP contribution in [0.15, 0.2) is 91.0 Å². The van der Waals surface area contributed by atoms with Gasteiger partial charge in [0.2, 0.25) is 0 Å². The van der Waals surface area contributed by atoms with Gasteiger partial charge in [-0.1, -0.05) is 90.5 Å². The van der Waals surface area contributed by atoms with Crippen molar-refractivity contribution in [1.29, 1.82) is 0 Å². The quantitative estimate of drug-likeness (QED) is 0.265. The van der Waals surface area contributed by atoms with Crippen molar-refractivity contribution in [1.82, 2.24) is 0 Å². The predicted octanol–water partition coefficient (Wildman–Crippen LogP) is 7.83. The Morgan fingerprint density at radius 3 is 1.64 bits per heavy atom. The molecule has 0 saturated heterocycles. The Morgan fingerprint density at radius 2 is 1.11 bits per heavy atom. The molecule has 0 saturated carbocycles. The maximum absolute atomic E-state index is 2.41. The van der Waals surface area contributed by atoms with E-state index < -0.39 is 0 Å². The summed E-state index contributed by atoms with van der Waals surface area (Å²) in [5.74, 6) is 0. The molecule has 0 unspecified atom stereocenters. The van der Waals surface area contributed by atoms with Crippen LogP contribution in [0.3, 0.4) is 0 Å². The van der Waals surface area contributed by atoms with E-state index in [1.165, 1.54) is 48.1 Å². The van der Waals surface area contributed by atoms with Gasteiger partial charge in [-0.25, -0.2) is 0 Å². The molecule has 4 rings (SSSR count). The van der Waals surface area contributed by atoms with Crippen molar-refractivity contribution in [3.8, 4) is 22.3 Å². The normalized spacial score (nSPS) is 10.8. The van der Waals surface area contributed by atoms with E-state index in [9.17, 15) is 0 Å². The lowest BCUT2D eigenvalue weighted by atomic mass is 9.98. The maximum atomic E-state index is 2.41.